The minimum absolute atomic E-state index is 0. The van der Waals surface area contributed by atoms with E-state index in [1.54, 1.807) is 0 Å². The molecule has 0 aromatic heterocycles. The highest BCUT2D eigenvalue weighted by atomic mass is 35.5. The van der Waals surface area contributed by atoms with Gasteiger partial charge in [-0.2, -0.15) is 0 Å². The highest BCUT2D eigenvalue weighted by Gasteiger charge is 2.39. The molecule has 0 aliphatic heterocycles. The van der Waals surface area contributed by atoms with Crippen molar-refractivity contribution in [3.8, 4) is 17.2 Å². The van der Waals surface area contributed by atoms with Gasteiger partial charge in [-0.3, -0.25) is 0 Å². The van der Waals surface area contributed by atoms with Gasteiger partial charge in [0.15, 0.2) is 11.5 Å². The Labute approximate surface area is 157 Å². The molecule has 5 nitrogen and oxygen atoms in total. The molecule has 2 aromatic carbocycles. The Morgan fingerprint density at radius 2 is 1.62 bits per heavy atom. The number of aliphatic hydroxyl groups is 1. The zero-order chi connectivity index (χ0) is 18.4. The molecule has 0 saturated carbocycles. The fraction of sp³-hybridized carbons (Fsp3) is 0.333. The molecule has 3 N–H and O–H groups in total. The molecule has 2 aromatic rings. The molecule has 0 bridgehead atoms. The number of methoxy groups -OCH3 is 2. The molecule has 0 aliphatic rings. The van der Waals surface area contributed by atoms with E-state index >= 15 is 0 Å². The highest BCUT2D eigenvalue weighted by molar-refractivity contribution is 5.85. The molecule has 2 rings (SSSR count). The van der Waals surface area contributed by atoms with Crippen LogP contribution in [0.15, 0.2) is 42.5 Å². The maximum absolute atomic E-state index is 13.9. The van der Waals surface area contributed by atoms with Gasteiger partial charge < -0.3 is 25.1 Å². The zero-order valence-electron chi connectivity index (χ0n) is 14.4. The van der Waals surface area contributed by atoms with Crippen LogP contribution in [0.1, 0.15) is 17.2 Å². The minimum atomic E-state index is -3.51. The van der Waals surface area contributed by atoms with E-state index in [4.69, 9.17) is 25.1 Å². The second-order valence-corrected chi connectivity index (χ2v) is 5.42. The van der Waals surface area contributed by atoms with E-state index < -0.39 is 18.6 Å². The number of hydrogen-bond acceptors (Lipinski definition) is 5. The number of halogens is 3. The van der Waals surface area contributed by atoms with Gasteiger partial charge in [0.1, 0.15) is 25.0 Å². The monoisotopic (exact) mass is 389 g/mol. The molecule has 0 radical (unpaired) electrons. The van der Waals surface area contributed by atoms with Crippen molar-refractivity contribution in [1.82, 2.24) is 0 Å². The Morgan fingerprint density at radius 3 is 2.15 bits per heavy atom. The number of rotatable bonds is 8. The fourth-order valence-corrected chi connectivity index (χ4v) is 2.31. The Balaban J connectivity index is 0.00000338. The third kappa shape index (κ3) is 4.97. The molecule has 26 heavy (non-hydrogen) atoms. The Morgan fingerprint density at radius 1 is 1.04 bits per heavy atom. The molecule has 8 heteroatoms. The van der Waals surface area contributed by atoms with Gasteiger partial charge in [-0.25, -0.2) is 8.78 Å². The Hall–Kier alpha value is -2.09. The largest absolute Gasteiger partial charge is 0.493 e. The first-order valence-corrected chi connectivity index (χ1v) is 7.59. The van der Waals surface area contributed by atoms with Gasteiger partial charge >= 0.3 is 0 Å². The summed E-state index contributed by atoms with van der Waals surface area (Å²) < 4.78 is 43.8. The number of nitrogens with two attached hydrogens (primary N) is 1. The van der Waals surface area contributed by atoms with Crippen molar-refractivity contribution in [1.29, 1.82) is 0 Å². The van der Waals surface area contributed by atoms with Crippen LogP contribution in [0.3, 0.4) is 0 Å². The molecule has 144 valence electrons. The molecular weight excluding hydrogens is 368 g/mol. The summed E-state index contributed by atoms with van der Waals surface area (Å²) in [5.74, 6) is -2.80. The normalized spacial score (nSPS) is 12.1. The van der Waals surface area contributed by atoms with Crippen LogP contribution in [0.2, 0.25) is 0 Å². The van der Waals surface area contributed by atoms with Crippen molar-refractivity contribution in [2.24, 2.45) is 5.73 Å². The van der Waals surface area contributed by atoms with E-state index in [1.807, 2.05) is 30.3 Å². The summed E-state index contributed by atoms with van der Waals surface area (Å²) in [5.41, 5.74) is 6.57. The van der Waals surface area contributed by atoms with Crippen LogP contribution in [0.4, 0.5) is 8.78 Å². The van der Waals surface area contributed by atoms with Gasteiger partial charge in [0, 0.05) is 11.6 Å². The van der Waals surface area contributed by atoms with Crippen molar-refractivity contribution in [2.75, 3.05) is 20.8 Å². The molecule has 1 atom stereocenters. The highest BCUT2D eigenvalue weighted by Crippen LogP contribution is 2.41. The SMILES string of the molecule is COc1cc(OCc2ccccc2)c([C@H](N)C(F)(F)CO)cc1OC.Cl. The summed E-state index contributed by atoms with van der Waals surface area (Å²) >= 11 is 0. The number of hydrogen-bond donors (Lipinski definition) is 2. The third-order valence-electron chi connectivity index (χ3n) is 3.75. The van der Waals surface area contributed by atoms with Crippen LogP contribution in [-0.2, 0) is 6.61 Å². The summed E-state index contributed by atoms with van der Waals surface area (Å²) in [5, 5.41) is 8.93. The van der Waals surface area contributed by atoms with Crippen LogP contribution >= 0.6 is 12.4 Å². The topological polar surface area (TPSA) is 73.9 Å². The lowest BCUT2D eigenvalue weighted by Gasteiger charge is -2.25. The Bertz CT molecular complexity index is 701. The second-order valence-electron chi connectivity index (χ2n) is 5.42. The number of benzene rings is 2. The smallest absolute Gasteiger partial charge is 0.289 e. The lowest BCUT2D eigenvalue weighted by atomic mass is 10.00. The molecular formula is C18H22ClF2NO4. The predicted molar refractivity (Wildman–Crippen MR) is 96.5 cm³/mol. The first-order valence-electron chi connectivity index (χ1n) is 7.59. The molecule has 0 heterocycles. The van der Waals surface area contributed by atoms with Gasteiger partial charge in [-0.1, -0.05) is 30.3 Å². The molecule has 0 unspecified atom stereocenters. The van der Waals surface area contributed by atoms with Crippen LogP contribution in [-0.4, -0.2) is 31.9 Å². The van der Waals surface area contributed by atoms with Gasteiger partial charge in [-0.05, 0) is 11.6 Å². The predicted octanol–water partition coefficient (Wildman–Crippen LogP) is 3.33. The standard InChI is InChI=1S/C18H21F2NO4.ClH/c1-23-15-8-13(17(21)18(19,20)11-22)14(9-16(15)24-2)25-10-12-6-4-3-5-7-12;/h3-9,17,22H,10-11,21H2,1-2H3;1H/t17-;/m0./s1. The van der Waals surface area contributed by atoms with Crippen molar-refractivity contribution < 1.29 is 28.1 Å². The van der Waals surface area contributed by atoms with E-state index in [2.05, 4.69) is 0 Å². The first-order chi connectivity index (χ1) is 11.9. The van der Waals surface area contributed by atoms with E-state index in [-0.39, 0.29) is 36.1 Å². The zero-order valence-corrected chi connectivity index (χ0v) is 15.3. The summed E-state index contributed by atoms with van der Waals surface area (Å²) in [6.45, 7) is -1.21. The molecule has 0 amide bonds. The van der Waals surface area contributed by atoms with Crippen molar-refractivity contribution >= 4 is 12.4 Å². The van der Waals surface area contributed by atoms with E-state index in [0.717, 1.165) is 5.56 Å². The van der Waals surface area contributed by atoms with Gasteiger partial charge in [0.25, 0.3) is 5.92 Å². The second kappa shape index (κ2) is 9.56. The van der Waals surface area contributed by atoms with Gasteiger partial charge in [0.2, 0.25) is 0 Å². The summed E-state index contributed by atoms with van der Waals surface area (Å²) in [6.07, 6.45) is 0. The van der Waals surface area contributed by atoms with Gasteiger partial charge in [0.05, 0.1) is 14.2 Å². The lowest BCUT2D eigenvalue weighted by molar-refractivity contribution is -0.0717. The van der Waals surface area contributed by atoms with Crippen molar-refractivity contribution in [3.05, 3.63) is 53.6 Å². The van der Waals surface area contributed by atoms with Crippen LogP contribution < -0.4 is 19.9 Å². The molecule has 0 spiro atoms. The summed E-state index contributed by atoms with van der Waals surface area (Å²) in [4.78, 5) is 0. The lowest BCUT2D eigenvalue weighted by Crippen LogP contribution is -2.36. The number of aliphatic hydroxyl groups excluding tert-OH is 1. The van der Waals surface area contributed by atoms with Crippen LogP contribution in [0.5, 0.6) is 17.2 Å². The minimum Gasteiger partial charge on any atom is -0.493 e. The average Bonchev–Trinajstić information content (AvgIpc) is 2.65. The third-order valence-corrected chi connectivity index (χ3v) is 3.75. The van der Waals surface area contributed by atoms with E-state index in [0.29, 0.717) is 5.75 Å². The van der Waals surface area contributed by atoms with Gasteiger partial charge in [-0.15, -0.1) is 12.4 Å². The van der Waals surface area contributed by atoms with Crippen LogP contribution in [0, 0.1) is 0 Å². The van der Waals surface area contributed by atoms with E-state index in [9.17, 15) is 8.78 Å². The maximum Gasteiger partial charge on any atom is 0.289 e. The Kier molecular flexibility index (Phi) is 8.08. The quantitative estimate of drug-likeness (QED) is 0.724. The number of ether oxygens (including phenoxy) is 3. The average molecular weight is 390 g/mol. The molecule has 0 fully saturated rings. The van der Waals surface area contributed by atoms with Crippen molar-refractivity contribution in [2.45, 2.75) is 18.6 Å². The molecule has 0 aliphatic carbocycles. The molecule has 0 saturated heterocycles. The fourth-order valence-electron chi connectivity index (χ4n) is 2.31. The number of alkyl halides is 2. The maximum atomic E-state index is 13.9. The summed E-state index contributed by atoms with van der Waals surface area (Å²) in [7, 11) is 2.82. The van der Waals surface area contributed by atoms with E-state index in [1.165, 1.54) is 26.4 Å². The summed E-state index contributed by atoms with van der Waals surface area (Å²) in [6, 6.07) is 10.3. The van der Waals surface area contributed by atoms with Crippen molar-refractivity contribution in [3.63, 3.8) is 0 Å². The first kappa shape index (κ1) is 22.0. The van der Waals surface area contributed by atoms with Crippen LogP contribution in [0.25, 0.3) is 0 Å².